The summed E-state index contributed by atoms with van der Waals surface area (Å²) in [6.07, 6.45) is 5.54. The Labute approximate surface area is 244 Å². The lowest BCUT2D eigenvalue weighted by molar-refractivity contribution is -0.125. The first-order valence-corrected chi connectivity index (χ1v) is 16.0. The Balaban J connectivity index is 1.34. The minimum Gasteiger partial charge on any atom is -0.354 e. The number of amides is 3. The molecular weight excluding hydrogens is 541 g/mol. The Bertz CT molecular complexity index is 1250. The van der Waals surface area contributed by atoms with Crippen LogP contribution in [0.5, 0.6) is 0 Å². The van der Waals surface area contributed by atoms with Gasteiger partial charge < -0.3 is 20.9 Å². The van der Waals surface area contributed by atoms with Gasteiger partial charge in [-0.25, -0.2) is 0 Å². The van der Waals surface area contributed by atoms with Crippen molar-refractivity contribution in [2.45, 2.75) is 50.6 Å². The van der Waals surface area contributed by atoms with Gasteiger partial charge in [0, 0.05) is 19.6 Å². The molecule has 2 fully saturated rings. The number of rotatable bonds is 10. The smallest absolute Gasteiger partial charge is 0.264 e. The Kier molecular flexibility index (Phi) is 9.67. The molecule has 7 nitrogen and oxygen atoms in total. The van der Waals surface area contributed by atoms with E-state index in [4.69, 9.17) is 5.73 Å². The fraction of sp³-hybridized carbons (Fsp3) is 0.452. The van der Waals surface area contributed by atoms with Crippen molar-refractivity contribution in [3.63, 3.8) is 0 Å². The van der Waals surface area contributed by atoms with Crippen molar-refractivity contribution in [3.05, 3.63) is 80.7 Å². The van der Waals surface area contributed by atoms with E-state index in [1.54, 1.807) is 11.0 Å². The number of carbonyl (C=O) groups is 3. The number of nitrogens with two attached hydrogens (primary N) is 1. The molecule has 4 atom stereocenters. The number of likely N-dealkylation sites (tertiary alicyclic amines) is 1. The number of thiophene rings is 2. The molecule has 2 aromatic heterocycles. The Hall–Kier alpha value is -3.01. The molecule has 1 saturated heterocycles. The largest absolute Gasteiger partial charge is 0.354 e. The van der Waals surface area contributed by atoms with Gasteiger partial charge in [0.2, 0.25) is 5.91 Å². The molecular formula is C31H38N4O3S2. The van der Waals surface area contributed by atoms with Crippen molar-refractivity contribution in [1.29, 1.82) is 0 Å². The van der Waals surface area contributed by atoms with Gasteiger partial charge in [-0.2, -0.15) is 0 Å². The molecule has 1 aliphatic heterocycles. The van der Waals surface area contributed by atoms with Crippen molar-refractivity contribution in [2.24, 2.45) is 17.6 Å². The van der Waals surface area contributed by atoms with E-state index in [1.807, 2.05) is 52.1 Å². The first-order valence-electron chi connectivity index (χ1n) is 14.2. The molecule has 4 unspecified atom stereocenters. The number of carbonyl (C=O) groups excluding carboxylic acids is 3. The normalized spacial score (nSPS) is 22.7. The molecule has 3 N–H and O–H groups in total. The lowest BCUT2D eigenvalue weighted by atomic mass is 9.81. The second-order valence-electron chi connectivity index (χ2n) is 10.9. The molecule has 40 heavy (non-hydrogen) atoms. The molecule has 2 aliphatic rings. The van der Waals surface area contributed by atoms with E-state index in [2.05, 4.69) is 17.4 Å². The quantitative estimate of drug-likeness (QED) is 0.366. The zero-order valence-electron chi connectivity index (χ0n) is 22.7. The first kappa shape index (κ1) is 28.5. The van der Waals surface area contributed by atoms with Crippen LogP contribution in [0.1, 0.15) is 57.0 Å². The van der Waals surface area contributed by atoms with Crippen LogP contribution < -0.4 is 11.1 Å². The monoisotopic (exact) mass is 578 g/mol. The van der Waals surface area contributed by atoms with Gasteiger partial charge in [-0.3, -0.25) is 14.4 Å². The molecule has 3 aromatic rings. The van der Waals surface area contributed by atoms with Crippen LogP contribution in [0, 0.1) is 11.8 Å². The van der Waals surface area contributed by atoms with Gasteiger partial charge in [0.15, 0.2) is 0 Å². The zero-order chi connectivity index (χ0) is 27.9. The van der Waals surface area contributed by atoms with Crippen LogP contribution in [-0.4, -0.2) is 65.8 Å². The summed E-state index contributed by atoms with van der Waals surface area (Å²) < 4.78 is 0. The number of hydrogen-bond donors (Lipinski definition) is 2. The lowest BCUT2D eigenvalue weighted by Crippen LogP contribution is -2.47. The van der Waals surface area contributed by atoms with E-state index in [0.29, 0.717) is 60.6 Å². The summed E-state index contributed by atoms with van der Waals surface area (Å²) in [5.41, 5.74) is 7.07. The summed E-state index contributed by atoms with van der Waals surface area (Å²) in [6.45, 7) is 2.14. The van der Waals surface area contributed by atoms with Gasteiger partial charge >= 0.3 is 0 Å². The highest BCUT2D eigenvalue weighted by Gasteiger charge is 2.43. The van der Waals surface area contributed by atoms with Crippen LogP contribution in [0.4, 0.5) is 0 Å². The number of benzene rings is 1. The van der Waals surface area contributed by atoms with E-state index in [1.165, 1.54) is 22.7 Å². The number of nitrogens with one attached hydrogen (secondary N) is 1. The summed E-state index contributed by atoms with van der Waals surface area (Å²) in [4.78, 5) is 45.8. The molecule has 0 radical (unpaired) electrons. The predicted octanol–water partition coefficient (Wildman–Crippen LogP) is 4.66. The average molecular weight is 579 g/mol. The third-order valence-electron chi connectivity index (χ3n) is 8.28. The van der Waals surface area contributed by atoms with E-state index >= 15 is 0 Å². The molecule has 0 bridgehead atoms. The van der Waals surface area contributed by atoms with Crippen LogP contribution in [-0.2, 0) is 11.2 Å². The second kappa shape index (κ2) is 13.6. The number of nitrogens with zero attached hydrogens (tertiary/aromatic N) is 2. The molecule has 9 heteroatoms. The first-order chi connectivity index (χ1) is 19.5. The Morgan fingerprint density at radius 1 is 0.925 bits per heavy atom. The highest BCUT2D eigenvalue weighted by Crippen LogP contribution is 2.30. The van der Waals surface area contributed by atoms with E-state index in [-0.39, 0.29) is 23.8 Å². The van der Waals surface area contributed by atoms with Crippen molar-refractivity contribution in [2.75, 3.05) is 26.2 Å². The van der Waals surface area contributed by atoms with E-state index < -0.39 is 6.04 Å². The number of hydrogen-bond acceptors (Lipinski definition) is 6. The summed E-state index contributed by atoms with van der Waals surface area (Å²) in [7, 11) is 0. The highest BCUT2D eigenvalue weighted by molar-refractivity contribution is 7.12. The third kappa shape index (κ3) is 6.82. The van der Waals surface area contributed by atoms with Crippen molar-refractivity contribution in [1.82, 2.24) is 15.1 Å². The topological polar surface area (TPSA) is 95.7 Å². The maximum Gasteiger partial charge on any atom is 0.264 e. The maximum atomic E-state index is 13.7. The molecule has 1 aromatic carbocycles. The SMILES string of the molecule is NCC1CCCC(CNC(=O)C2CC(N(CCc3ccccc3)C(=O)c3cccs3)CN2C(=O)c2cccs2)C1. The van der Waals surface area contributed by atoms with Gasteiger partial charge in [0.1, 0.15) is 6.04 Å². The molecule has 1 saturated carbocycles. The average Bonchev–Trinajstić information content (AvgIpc) is 3.79. The summed E-state index contributed by atoms with van der Waals surface area (Å²) in [5, 5.41) is 6.95. The minimum absolute atomic E-state index is 0.0458. The molecule has 1 aliphatic carbocycles. The summed E-state index contributed by atoms with van der Waals surface area (Å²) in [5.74, 6) is 0.604. The van der Waals surface area contributed by atoms with Crippen molar-refractivity contribution in [3.8, 4) is 0 Å². The Morgan fingerprint density at radius 3 is 2.35 bits per heavy atom. The van der Waals surface area contributed by atoms with Crippen LogP contribution in [0.3, 0.4) is 0 Å². The highest BCUT2D eigenvalue weighted by atomic mass is 32.1. The summed E-state index contributed by atoms with van der Waals surface area (Å²) in [6, 6.07) is 16.6. The summed E-state index contributed by atoms with van der Waals surface area (Å²) >= 11 is 2.80. The van der Waals surface area contributed by atoms with Crippen LogP contribution in [0.2, 0.25) is 0 Å². The van der Waals surface area contributed by atoms with Crippen LogP contribution in [0.25, 0.3) is 0 Å². The fourth-order valence-corrected chi connectivity index (χ4v) is 7.46. The van der Waals surface area contributed by atoms with Gasteiger partial charge in [0.25, 0.3) is 11.8 Å². The molecule has 0 spiro atoms. The molecule has 212 valence electrons. The predicted molar refractivity (Wildman–Crippen MR) is 161 cm³/mol. The van der Waals surface area contributed by atoms with Crippen molar-refractivity contribution < 1.29 is 14.4 Å². The Morgan fingerprint density at radius 2 is 1.65 bits per heavy atom. The minimum atomic E-state index is -0.621. The van der Waals surface area contributed by atoms with Crippen molar-refractivity contribution >= 4 is 40.4 Å². The van der Waals surface area contributed by atoms with Gasteiger partial charge in [0.05, 0.1) is 15.8 Å². The van der Waals surface area contributed by atoms with Gasteiger partial charge in [-0.05, 0) is 78.9 Å². The van der Waals surface area contributed by atoms with Gasteiger partial charge in [-0.1, -0.05) is 48.9 Å². The van der Waals surface area contributed by atoms with Crippen LogP contribution in [0.15, 0.2) is 65.4 Å². The molecule has 5 rings (SSSR count). The molecule has 3 amide bonds. The fourth-order valence-electron chi connectivity index (χ4n) is 6.10. The van der Waals surface area contributed by atoms with E-state index in [9.17, 15) is 14.4 Å². The second-order valence-corrected chi connectivity index (χ2v) is 12.8. The third-order valence-corrected chi connectivity index (χ3v) is 10.00. The van der Waals surface area contributed by atoms with Gasteiger partial charge in [-0.15, -0.1) is 22.7 Å². The van der Waals surface area contributed by atoms with E-state index in [0.717, 1.165) is 31.2 Å². The lowest BCUT2D eigenvalue weighted by Gasteiger charge is -2.29. The molecule has 3 heterocycles. The zero-order valence-corrected chi connectivity index (χ0v) is 24.4. The van der Waals surface area contributed by atoms with Crippen LogP contribution >= 0.6 is 22.7 Å². The standard InChI is InChI=1S/C31H38N4O3S2/c32-19-23-9-4-10-24(17-23)20-33-29(36)26-18-25(21-35(26)31(38)28-12-6-16-40-28)34(30(37)27-11-5-15-39-27)14-13-22-7-2-1-3-8-22/h1-3,5-8,11-12,15-16,23-26H,4,9-10,13-14,17-21,32H2,(H,33,36). The maximum absolute atomic E-state index is 13.7.